The van der Waals surface area contributed by atoms with Crippen LogP contribution in [0.5, 0.6) is 0 Å². The third kappa shape index (κ3) is 4.10. The molecule has 0 saturated carbocycles. The number of amides is 1. The van der Waals surface area contributed by atoms with Gasteiger partial charge >= 0.3 is 12.3 Å². The van der Waals surface area contributed by atoms with Crippen molar-refractivity contribution in [1.82, 2.24) is 0 Å². The summed E-state index contributed by atoms with van der Waals surface area (Å²) in [6.45, 7) is 3.26. The summed E-state index contributed by atoms with van der Waals surface area (Å²) in [4.78, 5) is 11.2. The summed E-state index contributed by atoms with van der Waals surface area (Å²) in [6, 6.07) is 3.08. The minimum Gasteiger partial charge on any atom is -0.447 e. The van der Waals surface area contributed by atoms with E-state index in [4.69, 9.17) is 16.3 Å². The summed E-state index contributed by atoms with van der Waals surface area (Å²) in [5.41, 5.74) is -1.04. The standard InChI is InChI=1S/C11H11ClF3NO2/c1-6(2)18-10(17)16-7-3-4-9(12)8(5-7)11(13,14)15/h3-6H,1-2H3,(H,16,17). The van der Waals surface area contributed by atoms with Crippen LogP contribution in [0.2, 0.25) is 5.02 Å². The van der Waals surface area contributed by atoms with Gasteiger partial charge < -0.3 is 4.74 Å². The molecule has 100 valence electrons. The van der Waals surface area contributed by atoms with Crippen molar-refractivity contribution >= 4 is 23.4 Å². The summed E-state index contributed by atoms with van der Waals surface area (Å²) in [7, 11) is 0. The summed E-state index contributed by atoms with van der Waals surface area (Å²) in [5, 5.41) is 1.77. The first-order valence-electron chi connectivity index (χ1n) is 5.04. The van der Waals surface area contributed by atoms with Crippen molar-refractivity contribution in [1.29, 1.82) is 0 Å². The summed E-state index contributed by atoms with van der Waals surface area (Å²) in [6.07, 6.45) is -5.75. The average molecular weight is 282 g/mol. The number of rotatable bonds is 2. The van der Waals surface area contributed by atoms with Crippen LogP contribution < -0.4 is 5.32 Å². The van der Waals surface area contributed by atoms with Gasteiger partial charge in [0.1, 0.15) is 0 Å². The molecule has 1 N–H and O–H groups in total. The molecule has 0 atom stereocenters. The van der Waals surface area contributed by atoms with Gasteiger partial charge in [-0.1, -0.05) is 11.6 Å². The number of anilines is 1. The van der Waals surface area contributed by atoms with Crippen molar-refractivity contribution in [3.05, 3.63) is 28.8 Å². The highest BCUT2D eigenvalue weighted by atomic mass is 35.5. The van der Waals surface area contributed by atoms with Gasteiger partial charge in [-0.05, 0) is 32.0 Å². The van der Waals surface area contributed by atoms with E-state index in [0.717, 1.165) is 12.1 Å². The molecule has 1 aromatic carbocycles. The van der Waals surface area contributed by atoms with Crippen molar-refractivity contribution < 1.29 is 22.7 Å². The molecule has 18 heavy (non-hydrogen) atoms. The zero-order valence-electron chi connectivity index (χ0n) is 9.64. The third-order valence-corrected chi connectivity index (χ3v) is 2.19. The molecule has 3 nitrogen and oxygen atoms in total. The maximum Gasteiger partial charge on any atom is 0.417 e. The minimum atomic E-state index is -4.57. The number of carbonyl (C=O) groups is 1. The van der Waals surface area contributed by atoms with Gasteiger partial charge in [0.05, 0.1) is 16.7 Å². The van der Waals surface area contributed by atoms with Gasteiger partial charge in [-0.25, -0.2) is 4.79 Å². The zero-order chi connectivity index (χ0) is 13.9. The number of benzene rings is 1. The molecule has 0 saturated heterocycles. The second-order valence-corrected chi connectivity index (χ2v) is 4.18. The molecule has 0 radical (unpaired) electrons. The monoisotopic (exact) mass is 281 g/mol. The predicted octanol–water partition coefficient (Wildman–Crippen LogP) is 4.32. The van der Waals surface area contributed by atoms with Crippen molar-refractivity contribution in [2.24, 2.45) is 0 Å². The molecule has 0 aliphatic carbocycles. The summed E-state index contributed by atoms with van der Waals surface area (Å²) in [5.74, 6) is 0. The van der Waals surface area contributed by atoms with Crippen LogP contribution in [0.4, 0.5) is 23.7 Å². The zero-order valence-corrected chi connectivity index (χ0v) is 10.4. The lowest BCUT2D eigenvalue weighted by Crippen LogP contribution is -2.18. The molecule has 0 aliphatic heterocycles. The van der Waals surface area contributed by atoms with Gasteiger partial charge in [-0.3, -0.25) is 5.32 Å². The molecule has 0 fully saturated rings. The lowest BCUT2D eigenvalue weighted by atomic mass is 10.2. The van der Waals surface area contributed by atoms with Gasteiger partial charge in [0.25, 0.3) is 0 Å². The fraction of sp³-hybridized carbons (Fsp3) is 0.364. The molecule has 1 aromatic rings. The normalized spacial score (nSPS) is 11.5. The Morgan fingerprint density at radius 1 is 1.39 bits per heavy atom. The van der Waals surface area contributed by atoms with Crippen LogP contribution in [-0.2, 0) is 10.9 Å². The predicted molar refractivity (Wildman–Crippen MR) is 61.7 cm³/mol. The molecule has 7 heteroatoms. The molecule has 1 amide bonds. The summed E-state index contributed by atoms with van der Waals surface area (Å²) < 4.78 is 42.4. The first-order valence-corrected chi connectivity index (χ1v) is 5.42. The number of ether oxygens (including phenoxy) is 1. The van der Waals surface area contributed by atoms with Crippen molar-refractivity contribution in [3.8, 4) is 0 Å². The number of alkyl halides is 3. The average Bonchev–Trinajstić information content (AvgIpc) is 2.17. The third-order valence-electron chi connectivity index (χ3n) is 1.86. The number of hydrogen-bond donors (Lipinski definition) is 1. The smallest absolute Gasteiger partial charge is 0.417 e. The van der Waals surface area contributed by atoms with E-state index in [-0.39, 0.29) is 11.8 Å². The van der Waals surface area contributed by atoms with E-state index in [2.05, 4.69) is 5.32 Å². The number of hydrogen-bond acceptors (Lipinski definition) is 2. The second-order valence-electron chi connectivity index (χ2n) is 3.77. The molecule has 0 unspecified atom stereocenters. The number of nitrogens with one attached hydrogen (secondary N) is 1. The van der Waals surface area contributed by atoms with Crippen LogP contribution in [-0.4, -0.2) is 12.2 Å². The Morgan fingerprint density at radius 3 is 2.50 bits per heavy atom. The Balaban J connectivity index is 2.89. The lowest BCUT2D eigenvalue weighted by Gasteiger charge is -2.12. The fourth-order valence-electron chi connectivity index (χ4n) is 1.18. The Morgan fingerprint density at radius 2 is 2.00 bits per heavy atom. The fourth-order valence-corrected chi connectivity index (χ4v) is 1.41. The van der Waals surface area contributed by atoms with Crippen LogP contribution in [0.15, 0.2) is 18.2 Å². The largest absolute Gasteiger partial charge is 0.447 e. The van der Waals surface area contributed by atoms with Gasteiger partial charge in [0.15, 0.2) is 0 Å². The quantitative estimate of drug-likeness (QED) is 0.877. The highest BCUT2D eigenvalue weighted by Gasteiger charge is 2.33. The Labute approximate surface area is 107 Å². The molecule has 1 rings (SSSR count). The molecule has 0 aromatic heterocycles. The molecular formula is C11H11ClF3NO2. The van der Waals surface area contributed by atoms with E-state index in [1.807, 2.05) is 0 Å². The maximum atomic E-state index is 12.5. The Bertz CT molecular complexity index is 446. The van der Waals surface area contributed by atoms with Gasteiger partial charge in [-0.2, -0.15) is 13.2 Å². The van der Waals surface area contributed by atoms with Crippen LogP contribution >= 0.6 is 11.6 Å². The number of carbonyl (C=O) groups excluding carboxylic acids is 1. The SMILES string of the molecule is CC(C)OC(=O)Nc1ccc(Cl)c(C(F)(F)F)c1. The molecule has 0 aliphatic rings. The topological polar surface area (TPSA) is 38.3 Å². The van der Waals surface area contributed by atoms with E-state index in [1.165, 1.54) is 6.07 Å². The highest BCUT2D eigenvalue weighted by molar-refractivity contribution is 6.31. The Kier molecular flexibility index (Phi) is 4.45. The van der Waals surface area contributed by atoms with Crippen LogP contribution in [0, 0.1) is 0 Å². The van der Waals surface area contributed by atoms with Gasteiger partial charge in [0, 0.05) is 5.69 Å². The second kappa shape index (κ2) is 5.48. The molecule has 0 heterocycles. The van der Waals surface area contributed by atoms with Crippen LogP contribution in [0.25, 0.3) is 0 Å². The van der Waals surface area contributed by atoms with Crippen molar-refractivity contribution in [3.63, 3.8) is 0 Å². The van der Waals surface area contributed by atoms with E-state index >= 15 is 0 Å². The first kappa shape index (κ1) is 14.6. The number of halogens is 4. The molecule has 0 bridgehead atoms. The van der Waals surface area contributed by atoms with E-state index in [1.54, 1.807) is 13.8 Å². The van der Waals surface area contributed by atoms with E-state index < -0.39 is 22.9 Å². The first-order chi connectivity index (χ1) is 8.20. The van der Waals surface area contributed by atoms with E-state index in [9.17, 15) is 18.0 Å². The Hall–Kier alpha value is -1.43. The maximum absolute atomic E-state index is 12.5. The van der Waals surface area contributed by atoms with Gasteiger partial charge in [0.2, 0.25) is 0 Å². The van der Waals surface area contributed by atoms with Crippen LogP contribution in [0.1, 0.15) is 19.4 Å². The summed E-state index contributed by atoms with van der Waals surface area (Å²) >= 11 is 5.44. The minimum absolute atomic E-state index is 0.0302. The molecule has 0 spiro atoms. The van der Waals surface area contributed by atoms with Crippen molar-refractivity contribution in [2.75, 3.05) is 5.32 Å². The van der Waals surface area contributed by atoms with Crippen molar-refractivity contribution in [2.45, 2.75) is 26.1 Å². The van der Waals surface area contributed by atoms with Gasteiger partial charge in [-0.15, -0.1) is 0 Å². The highest BCUT2D eigenvalue weighted by Crippen LogP contribution is 2.36. The lowest BCUT2D eigenvalue weighted by molar-refractivity contribution is -0.137. The van der Waals surface area contributed by atoms with Crippen LogP contribution in [0.3, 0.4) is 0 Å². The molecular weight excluding hydrogens is 271 g/mol. The van der Waals surface area contributed by atoms with E-state index in [0.29, 0.717) is 0 Å².